The molecule has 0 atom stereocenters. The number of hydrogen-bond donors (Lipinski definition) is 1. The summed E-state index contributed by atoms with van der Waals surface area (Å²) in [5.74, 6) is 6.30. The number of hydrogen-bond acceptors (Lipinski definition) is 5. The van der Waals surface area contributed by atoms with Crippen LogP contribution in [-0.2, 0) is 0 Å². The third kappa shape index (κ3) is 1.52. The van der Waals surface area contributed by atoms with Crippen LogP contribution in [0.3, 0.4) is 0 Å². The van der Waals surface area contributed by atoms with Gasteiger partial charge in [0.1, 0.15) is 6.33 Å². The molecule has 0 aromatic carbocycles. The molecule has 0 bridgehead atoms. The molecule has 0 amide bonds. The minimum absolute atomic E-state index is 0.320. The fourth-order valence-corrected chi connectivity index (χ4v) is 1.48. The van der Waals surface area contributed by atoms with Gasteiger partial charge in [0, 0.05) is 13.1 Å². The van der Waals surface area contributed by atoms with Gasteiger partial charge >= 0.3 is 0 Å². The predicted octanol–water partition coefficient (Wildman–Crippen LogP) is 0.717. The molecule has 15 heavy (non-hydrogen) atoms. The van der Waals surface area contributed by atoms with Gasteiger partial charge in [-0.1, -0.05) is 0 Å². The van der Waals surface area contributed by atoms with Crippen LogP contribution in [0.1, 0.15) is 19.9 Å². The minimum Gasteiger partial charge on any atom is -0.313 e. The van der Waals surface area contributed by atoms with E-state index in [-0.39, 0.29) is 0 Å². The molecule has 6 heteroatoms. The Kier molecular flexibility index (Phi) is 2.28. The van der Waals surface area contributed by atoms with Crippen molar-refractivity contribution < 1.29 is 0 Å². The minimum atomic E-state index is 0.320. The summed E-state index contributed by atoms with van der Waals surface area (Å²) in [6, 6.07) is 0.320. The highest BCUT2D eigenvalue weighted by atomic mass is 15.4. The van der Waals surface area contributed by atoms with Crippen molar-refractivity contribution in [1.29, 1.82) is 0 Å². The van der Waals surface area contributed by atoms with Crippen LogP contribution in [0.5, 0.6) is 0 Å². The lowest BCUT2D eigenvalue weighted by Crippen LogP contribution is -2.26. The summed E-state index contributed by atoms with van der Waals surface area (Å²) in [6.07, 6.45) is 3.26. The second-order valence-electron chi connectivity index (χ2n) is 3.73. The normalized spacial score (nSPS) is 11.3. The van der Waals surface area contributed by atoms with Crippen LogP contribution in [0.15, 0.2) is 12.7 Å². The number of aromatic nitrogens is 4. The maximum absolute atomic E-state index is 5.66. The lowest BCUT2D eigenvalue weighted by molar-refractivity contribution is 0.612. The zero-order valence-corrected chi connectivity index (χ0v) is 9.05. The van der Waals surface area contributed by atoms with Crippen LogP contribution in [-0.4, -0.2) is 26.6 Å². The van der Waals surface area contributed by atoms with Gasteiger partial charge in [-0.25, -0.2) is 20.8 Å². The van der Waals surface area contributed by atoms with Crippen LogP contribution in [0.2, 0.25) is 0 Å². The molecule has 2 aromatic rings. The summed E-state index contributed by atoms with van der Waals surface area (Å²) in [6.45, 7) is 4.16. The Labute approximate surface area is 87.7 Å². The van der Waals surface area contributed by atoms with Crippen molar-refractivity contribution in [1.82, 2.24) is 19.5 Å². The van der Waals surface area contributed by atoms with E-state index in [0.717, 1.165) is 11.2 Å². The third-order valence-electron chi connectivity index (χ3n) is 2.23. The van der Waals surface area contributed by atoms with Crippen molar-refractivity contribution in [2.45, 2.75) is 19.9 Å². The maximum atomic E-state index is 5.66. The van der Waals surface area contributed by atoms with Crippen LogP contribution >= 0.6 is 0 Å². The molecule has 80 valence electrons. The molecule has 0 aliphatic carbocycles. The van der Waals surface area contributed by atoms with Gasteiger partial charge in [-0.05, 0) is 13.8 Å². The SMILES string of the molecule is CC(C)n1cnc2c(N(C)N)ncnc21. The van der Waals surface area contributed by atoms with Gasteiger partial charge in [0.15, 0.2) is 17.0 Å². The molecular formula is C9H14N6. The van der Waals surface area contributed by atoms with Crippen molar-refractivity contribution in [2.75, 3.05) is 12.1 Å². The second-order valence-corrected chi connectivity index (χ2v) is 3.73. The van der Waals surface area contributed by atoms with E-state index in [4.69, 9.17) is 5.84 Å². The number of hydrazine groups is 1. The summed E-state index contributed by atoms with van der Waals surface area (Å²) in [7, 11) is 1.73. The lowest BCUT2D eigenvalue weighted by atomic mass is 10.4. The smallest absolute Gasteiger partial charge is 0.174 e. The van der Waals surface area contributed by atoms with Gasteiger partial charge < -0.3 is 4.57 Å². The topological polar surface area (TPSA) is 72.9 Å². The van der Waals surface area contributed by atoms with E-state index in [0.29, 0.717) is 11.9 Å². The van der Waals surface area contributed by atoms with E-state index in [2.05, 4.69) is 28.8 Å². The summed E-state index contributed by atoms with van der Waals surface area (Å²) < 4.78 is 1.99. The zero-order valence-electron chi connectivity index (χ0n) is 9.05. The average Bonchev–Trinajstić information content (AvgIpc) is 2.59. The van der Waals surface area contributed by atoms with E-state index < -0.39 is 0 Å². The van der Waals surface area contributed by atoms with Crippen LogP contribution in [0.25, 0.3) is 11.2 Å². The van der Waals surface area contributed by atoms with E-state index in [9.17, 15) is 0 Å². The highest BCUT2D eigenvalue weighted by Crippen LogP contribution is 2.20. The summed E-state index contributed by atoms with van der Waals surface area (Å²) in [4.78, 5) is 12.6. The molecule has 0 saturated carbocycles. The number of fused-ring (bicyclic) bond motifs is 1. The first-order chi connectivity index (χ1) is 7.11. The summed E-state index contributed by atoms with van der Waals surface area (Å²) >= 11 is 0. The molecule has 2 N–H and O–H groups in total. The number of imidazole rings is 1. The first-order valence-electron chi connectivity index (χ1n) is 4.77. The van der Waals surface area contributed by atoms with Crippen molar-refractivity contribution >= 4 is 17.0 Å². The van der Waals surface area contributed by atoms with E-state index in [1.165, 1.54) is 11.3 Å². The molecule has 6 nitrogen and oxygen atoms in total. The first kappa shape index (κ1) is 9.85. The molecular weight excluding hydrogens is 192 g/mol. The zero-order chi connectivity index (χ0) is 11.0. The molecule has 2 heterocycles. The van der Waals surface area contributed by atoms with Gasteiger partial charge in [-0.3, -0.25) is 5.01 Å². The van der Waals surface area contributed by atoms with Gasteiger partial charge in [-0.2, -0.15) is 0 Å². The van der Waals surface area contributed by atoms with Crippen LogP contribution in [0, 0.1) is 0 Å². The highest BCUT2D eigenvalue weighted by Gasteiger charge is 2.12. The highest BCUT2D eigenvalue weighted by molar-refractivity contribution is 5.82. The fourth-order valence-electron chi connectivity index (χ4n) is 1.48. The largest absolute Gasteiger partial charge is 0.313 e. The Hall–Kier alpha value is -1.69. The van der Waals surface area contributed by atoms with Crippen molar-refractivity contribution in [3.8, 4) is 0 Å². The number of nitrogens with two attached hydrogens (primary N) is 1. The van der Waals surface area contributed by atoms with Crippen LogP contribution < -0.4 is 10.9 Å². The molecule has 0 spiro atoms. The molecule has 0 unspecified atom stereocenters. The summed E-state index contributed by atoms with van der Waals surface area (Å²) in [5, 5.41) is 1.45. The number of anilines is 1. The number of rotatable bonds is 2. The third-order valence-corrected chi connectivity index (χ3v) is 2.23. The van der Waals surface area contributed by atoms with Gasteiger partial charge in [0.25, 0.3) is 0 Å². The second kappa shape index (κ2) is 3.47. The molecule has 2 rings (SSSR count). The van der Waals surface area contributed by atoms with E-state index >= 15 is 0 Å². The van der Waals surface area contributed by atoms with E-state index in [1.54, 1.807) is 13.4 Å². The predicted molar refractivity (Wildman–Crippen MR) is 58.3 cm³/mol. The monoisotopic (exact) mass is 206 g/mol. The average molecular weight is 206 g/mol. The Morgan fingerprint density at radius 1 is 1.33 bits per heavy atom. The Balaban J connectivity index is 2.69. The Morgan fingerprint density at radius 3 is 2.67 bits per heavy atom. The van der Waals surface area contributed by atoms with Crippen molar-refractivity contribution in [2.24, 2.45) is 5.84 Å². The maximum Gasteiger partial charge on any atom is 0.174 e. The van der Waals surface area contributed by atoms with Gasteiger partial charge in [0.2, 0.25) is 0 Å². The molecule has 0 fully saturated rings. The Morgan fingerprint density at radius 2 is 2.07 bits per heavy atom. The van der Waals surface area contributed by atoms with Crippen molar-refractivity contribution in [3.63, 3.8) is 0 Å². The molecule has 0 saturated heterocycles. The molecule has 0 radical (unpaired) electrons. The first-order valence-corrected chi connectivity index (χ1v) is 4.77. The van der Waals surface area contributed by atoms with E-state index in [1.807, 2.05) is 4.57 Å². The van der Waals surface area contributed by atoms with Crippen molar-refractivity contribution in [3.05, 3.63) is 12.7 Å². The lowest BCUT2D eigenvalue weighted by Gasteiger charge is -2.11. The quantitative estimate of drug-likeness (QED) is 0.579. The Bertz CT molecular complexity index is 472. The molecule has 0 aliphatic heterocycles. The summed E-state index contributed by atoms with van der Waals surface area (Å²) in [5.41, 5.74) is 1.54. The number of nitrogens with zero attached hydrogens (tertiary/aromatic N) is 5. The van der Waals surface area contributed by atoms with Gasteiger partial charge in [0.05, 0.1) is 6.33 Å². The molecule has 0 aliphatic rings. The fraction of sp³-hybridized carbons (Fsp3) is 0.444. The van der Waals surface area contributed by atoms with Gasteiger partial charge in [-0.15, -0.1) is 0 Å². The van der Waals surface area contributed by atoms with Crippen LogP contribution in [0.4, 0.5) is 5.82 Å². The molecule has 2 aromatic heterocycles. The standard InChI is InChI=1S/C9H14N6/c1-6(2)15-5-13-7-8(14(3)10)11-4-12-9(7)15/h4-6H,10H2,1-3H3.